The number of ketones is 1. The van der Waals surface area contributed by atoms with Crippen LogP contribution in [0.2, 0.25) is 0 Å². The van der Waals surface area contributed by atoms with Gasteiger partial charge in [-0.15, -0.1) is 0 Å². The van der Waals surface area contributed by atoms with E-state index in [1.807, 2.05) is 12.1 Å². The Labute approximate surface area is 379 Å². The van der Waals surface area contributed by atoms with Gasteiger partial charge >= 0.3 is 6.09 Å². The summed E-state index contributed by atoms with van der Waals surface area (Å²) in [5.74, 6) is -0.674. The number of benzene rings is 2. The van der Waals surface area contributed by atoms with Crippen molar-refractivity contribution in [1.82, 2.24) is 20.9 Å². The van der Waals surface area contributed by atoms with E-state index in [0.29, 0.717) is 148 Å². The molecule has 65 heavy (non-hydrogen) atoms. The van der Waals surface area contributed by atoms with Crippen molar-refractivity contribution in [2.75, 3.05) is 137 Å². The van der Waals surface area contributed by atoms with Crippen molar-refractivity contribution in [2.45, 2.75) is 32.1 Å². The lowest BCUT2D eigenvalue weighted by atomic mass is 10.0. The Hall–Kier alpha value is -5.48. The summed E-state index contributed by atoms with van der Waals surface area (Å²) in [4.78, 5) is 71.3. The van der Waals surface area contributed by atoms with Gasteiger partial charge in [-0.2, -0.15) is 0 Å². The fourth-order valence-electron chi connectivity index (χ4n) is 5.65. The number of rotatable bonds is 40. The van der Waals surface area contributed by atoms with E-state index >= 15 is 0 Å². The maximum atomic E-state index is 13.0. The second-order valence-electron chi connectivity index (χ2n) is 14.1. The van der Waals surface area contributed by atoms with Crippen molar-refractivity contribution in [1.29, 1.82) is 0 Å². The number of hydrogen-bond acceptors (Lipinski definition) is 15. The first-order valence-electron chi connectivity index (χ1n) is 21.9. The molecule has 20 heteroatoms. The molecule has 20 nitrogen and oxygen atoms in total. The van der Waals surface area contributed by atoms with Gasteiger partial charge in [-0.25, -0.2) is 4.79 Å². The van der Waals surface area contributed by atoms with Crippen molar-refractivity contribution in [3.8, 4) is 5.75 Å². The van der Waals surface area contributed by atoms with Gasteiger partial charge in [-0.1, -0.05) is 0 Å². The van der Waals surface area contributed by atoms with Crippen molar-refractivity contribution < 1.29 is 71.8 Å². The molecule has 1 aliphatic rings. The smallest absolute Gasteiger partial charge is 0.404 e. The molecule has 0 aliphatic carbocycles. The third-order valence-electron chi connectivity index (χ3n) is 9.08. The first-order valence-corrected chi connectivity index (χ1v) is 21.9. The van der Waals surface area contributed by atoms with Gasteiger partial charge in [-0.3, -0.25) is 28.9 Å². The molecule has 360 valence electrons. The minimum absolute atomic E-state index is 0.0321. The summed E-state index contributed by atoms with van der Waals surface area (Å²) in [5, 5.41) is 19.6. The molecule has 0 radical (unpaired) electrons. The summed E-state index contributed by atoms with van der Waals surface area (Å²) < 4.78 is 44.0. The summed E-state index contributed by atoms with van der Waals surface area (Å²) in [6, 6.07) is 14.3. The SMILES string of the molecule is O=C(O)NCCCOCCOCCOCCCNc1ccc(C(=O)c2ccc(OCCCNC(=O)CCOCCOCCOCCOCCNC(=O)CCN3C(=O)C=CC3=O)cc2)cc1. The molecule has 3 rings (SSSR count). The molecule has 0 saturated carbocycles. The Kier molecular flexibility index (Phi) is 28.9. The van der Waals surface area contributed by atoms with Crippen LogP contribution >= 0.6 is 0 Å². The van der Waals surface area contributed by atoms with Gasteiger partial charge in [0, 0.05) is 87.7 Å². The van der Waals surface area contributed by atoms with Crippen LogP contribution in [0.3, 0.4) is 0 Å². The van der Waals surface area contributed by atoms with E-state index < -0.39 is 17.9 Å². The molecule has 0 saturated heterocycles. The second kappa shape index (κ2) is 34.9. The third kappa shape index (κ3) is 26.2. The quantitative estimate of drug-likeness (QED) is 0.0365. The van der Waals surface area contributed by atoms with Crippen LogP contribution in [0.1, 0.15) is 48.0 Å². The van der Waals surface area contributed by atoms with E-state index in [2.05, 4.69) is 21.3 Å². The highest BCUT2D eigenvalue weighted by Gasteiger charge is 2.23. The highest BCUT2D eigenvalue weighted by molar-refractivity contribution is 6.13. The number of imide groups is 1. The number of hydrogen-bond donors (Lipinski definition) is 5. The van der Waals surface area contributed by atoms with Crippen LogP contribution in [0.4, 0.5) is 10.5 Å². The maximum Gasteiger partial charge on any atom is 0.404 e. The van der Waals surface area contributed by atoms with E-state index in [0.717, 1.165) is 17.0 Å². The van der Waals surface area contributed by atoms with Gasteiger partial charge in [0.1, 0.15) is 5.75 Å². The number of nitrogens with one attached hydrogen (secondary N) is 4. The zero-order valence-corrected chi connectivity index (χ0v) is 37.1. The summed E-state index contributed by atoms with van der Waals surface area (Å²) >= 11 is 0. The van der Waals surface area contributed by atoms with Crippen LogP contribution in [0.25, 0.3) is 0 Å². The molecule has 0 unspecified atom stereocenters. The zero-order valence-electron chi connectivity index (χ0n) is 37.1. The standard InChI is InChI=1S/C45H65N5O15/c51-40(14-20-50-42(53)12-13-43(50)54)48-19-25-61-29-33-64-35-34-63-32-28-60-24-15-41(52)47-17-3-23-65-39-10-6-37(7-11-39)44(55)36-4-8-38(9-5-36)46-16-1-21-58-26-30-62-31-27-59-22-2-18-49-45(56)57/h4-13,46,49H,1-3,14-35H2,(H,47,52)(H,48,51)(H,56,57). The zero-order chi connectivity index (χ0) is 46.6. The average Bonchev–Trinajstić information content (AvgIpc) is 3.63. The second-order valence-corrected chi connectivity index (χ2v) is 14.1. The number of carboxylic acid groups (broad SMARTS) is 1. The van der Waals surface area contributed by atoms with Crippen LogP contribution in [-0.2, 0) is 52.3 Å². The first-order chi connectivity index (χ1) is 31.7. The van der Waals surface area contributed by atoms with E-state index in [-0.39, 0.29) is 43.6 Å². The van der Waals surface area contributed by atoms with E-state index in [4.69, 9.17) is 43.0 Å². The largest absolute Gasteiger partial charge is 0.494 e. The molecular weight excluding hydrogens is 851 g/mol. The molecule has 2 aromatic carbocycles. The molecule has 0 bridgehead atoms. The fourth-order valence-corrected chi connectivity index (χ4v) is 5.65. The van der Waals surface area contributed by atoms with Gasteiger partial charge in [0.05, 0.1) is 85.9 Å². The van der Waals surface area contributed by atoms with Crippen LogP contribution in [-0.4, -0.2) is 177 Å². The molecule has 0 spiro atoms. The molecule has 2 aromatic rings. The van der Waals surface area contributed by atoms with Gasteiger partial charge in [0.15, 0.2) is 5.78 Å². The molecule has 5 N–H and O–H groups in total. The highest BCUT2D eigenvalue weighted by atomic mass is 16.6. The van der Waals surface area contributed by atoms with Crippen LogP contribution in [0.5, 0.6) is 5.75 Å². The number of amides is 5. The molecule has 0 atom stereocenters. The summed E-state index contributed by atoms with van der Waals surface area (Å²) in [6.45, 7) is 7.96. The molecule has 5 amide bonds. The highest BCUT2D eigenvalue weighted by Crippen LogP contribution is 2.17. The number of carbonyl (C=O) groups is 6. The van der Waals surface area contributed by atoms with Crippen molar-refractivity contribution in [3.63, 3.8) is 0 Å². The first kappa shape index (κ1) is 53.9. The van der Waals surface area contributed by atoms with Crippen molar-refractivity contribution in [2.24, 2.45) is 0 Å². The average molecular weight is 916 g/mol. The Bertz CT molecular complexity index is 1690. The monoisotopic (exact) mass is 915 g/mol. The lowest BCUT2D eigenvalue weighted by molar-refractivity contribution is -0.137. The Morgan fingerprint density at radius 1 is 0.477 bits per heavy atom. The van der Waals surface area contributed by atoms with Crippen LogP contribution in [0.15, 0.2) is 60.7 Å². The van der Waals surface area contributed by atoms with Crippen LogP contribution < -0.4 is 26.0 Å². The molecule has 1 heterocycles. The van der Waals surface area contributed by atoms with Crippen molar-refractivity contribution >= 4 is 41.2 Å². The number of ether oxygens (including phenoxy) is 8. The normalized spacial score (nSPS) is 12.1. The summed E-state index contributed by atoms with van der Waals surface area (Å²) in [6.07, 6.45) is 3.62. The lowest BCUT2D eigenvalue weighted by Gasteiger charge is -2.13. The van der Waals surface area contributed by atoms with E-state index in [1.165, 1.54) is 12.2 Å². The van der Waals surface area contributed by atoms with Crippen molar-refractivity contribution in [3.05, 3.63) is 71.8 Å². The number of carbonyl (C=O) groups excluding carboxylic acids is 5. The third-order valence-corrected chi connectivity index (χ3v) is 9.08. The fraction of sp³-hybridized carbons (Fsp3) is 0.556. The van der Waals surface area contributed by atoms with Gasteiger partial charge in [0.2, 0.25) is 11.8 Å². The Balaban J connectivity index is 1.06. The Morgan fingerprint density at radius 2 is 0.923 bits per heavy atom. The van der Waals surface area contributed by atoms with E-state index in [1.54, 1.807) is 36.4 Å². The van der Waals surface area contributed by atoms with Gasteiger partial charge < -0.3 is 64.3 Å². The maximum absolute atomic E-state index is 13.0. The minimum atomic E-state index is -1.04. The molecule has 0 aromatic heterocycles. The molecule has 1 aliphatic heterocycles. The molecule has 0 fully saturated rings. The van der Waals surface area contributed by atoms with Gasteiger partial charge in [0.25, 0.3) is 11.8 Å². The number of nitrogens with zero attached hydrogens (tertiary/aromatic N) is 1. The summed E-state index contributed by atoms with van der Waals surface area (Å²) in [7, 11) is 0. The topological polar surface area (TPSA) is 248 Å². The predicted octanol–water partition coefficient (Wildman–Crippen LogP) is 2.20. The van der Waals surface area contributed by atoms with Gasteiger partial charge in [-0.05, 0) is 67.8 Å². The minimum Gasteiger partial charge on any atom is -0.494 e. The lowest BCUT2D eigenvalue weighted by Crippen LogP contribution is -2.35. The van der Waals surface area contributed by atoms with Crippen LogP contribution in [0, 0.1) is 0 Å². The van der Waals surface area contributed by atoms with E-state index in [9.17, 15) is 28.8 Å². The number of anilines is 1. The Morgan fingerprint density at radius 3 is 1.49 bits per heavy atom. The predicted molar refractivity (Wildman–Crippen MR) is 237 cm³/mol. The summed E-state index contributed by atoms with van der Waals surface area (Å²) in [5.41, 5.74) is 2.03. The molecular formula is C45H65N5O15.